The van der Waals surface area contributed by atoms with Gasteiger partial charge in [-0.3, -0.25) is 9.48 Å². The maximum atomic E-state index is 12.7. The lowest BCUT2D eigenvalue weighted by Gasteiger charge is -2.32. The van der Waals surface area contributed by atoms with Crippen molar-refractivity contribution in [3.8, 4) is 0 Å². The molecule has 2 atom stereocenters. The van der Waals surface area contributed by atoms with Crippen LogP contribution in [0.4, 0.5) is 0 Å². The van der Waals surface area contributed by atoms with Crippen LogP contribution in [0.3, 0.4) is 0 Å². The molecule has 2 heterocycles. The molecule has 1 aliphatic heterocycles. The van der Waals surface area contributed by atoms with Gasteiger partial charge >= 0.3 is 0 Å². The third-order valence-corrected chi connectivity index (χ3v) is 4.40. The highest BCUT2D eigenvalue weighted by Gasteiger charge is 2.36. The Morgan fingerprint density at radius 3 is 2.95 bits per heavy atom. The highest BCUT2D eigenvalue weighted by Crippen LogP contribution is 2.30. The van der Waals surface area contributed by atoms with Crippen LogP contribution >= 0.6 is 0 Å². The Balaban J connectivity index is 1.65. The van der Waals surface area contributed by atoms with Crippen molar-refractivity contribution in [2.75, 3.05) is 19.6 Å². The minimum atomic E-state index is -0.192. The monoisotopic (exact) mass is 276 g/mol. The van der Waals surface area contributed by atoms with Crippen molar-refractivity contribution in [3.63, 3.8) is 0 Å². The SMILES string of the molecule is CC(C(=O)N(CC1CCCNC1)C1CC1)n1cccn1. The van der Waals surface area contributed by atoms with E-state index in [1.807, 2.05) is 19.2 Å². The minimum Gasteiger partial charge on any atom is -0.338 e. The fourth-order valence-electron chi connectivity index (χ4n) is 3.03. The Hall–Kier alpha value is -1.36. The predicted octanol–water partition coefficient (Wildman–Crippen LogP) is 1.43. The quantitative estimate of drug-likeness (QED) is 0.885. The summed E-state index contributed by atoms with van der Waals surface area (Å²) in [6, 6.07) is 2.15. The number of amides is 1. The highest BCUT2D eigenvalue weighted by atomic mass is 16.2. The van der Waals surface area contributed by atoms with Gasteiger partial charge in [0.2, 0.25) is 5.91 Å². The summed E-state index contributed by atoms with van der Waals surface area (Å²) in [6.45, 7) is 5.02. The van der Waals surface area contributed by atoms with Gasteiger partial charge in [-0.1, -0.05) is 0 Å². The number of hydrogen-bond donors (Lipinski definition) is 1. The van der Waals surface area contributed by atoms with Gasteiger partial charge < -0.3 is 10.2 Å². The number of rotatable bonds is 5. The van der Waals surface area contributed by atoms with Crippen LogP contribution in [0.15, 0.2) is 18.5 Å². The number of aromatic nitrogens is 2. The molecule has 5 nitrogen and oxygen atoms in total. The van der Waals surface area contributed by atoms with Gasteiger partial charge in [-0.15, -0.1) is 0 Å². The molecule has 1 amide bonds. The summed E-state index contributed by atoms with van der Waals surface area (Å²) < 4.78 is 1.76. The molecule has 1 aliphatic carbocycles. The second-order valence-corrected chi connectivity index (χ2v) is 6.10. The fraction of sp³-hybridized carbons (Fsp3) is 0.733. The van der Waals surface area contributed by atoms with Gasteiger partial charge in [-0.05, 0) is 57.7 Å². The molecule has 0 bridgehead atoms. The number of hydrogen-bond acceptors (Lipinski definition) is 3. The van der Waals surface area contributed by atoms with Crippen molar-refractivity contribution >= 4 is 5.91 Å². The van der Waals surface area contributed by atoms with E-state index in [0.717, 1.165) is 32.5 Å². The average Bonchev–Trinajstić information content (AvgIpc) is 3.18. The molecule has 3 rings (SSSR count). The zero-order valence-corrected chi connectivity index (χ0v) is 12.2. The minimum absolute atomic E-state index is 0.192. The van der Waals surface area contributed by atoms with E-state index >= 15 is 0 Å². The smallest absolute Gasteiger partial charge is 0.247 e. The van der Waals surface area contributed by atoms with E-state index in [0.29, 0.717) is 12.0 Å². The fourth-order valence-corrected chi connectivity index (χ4v) is 3.03. The van der Waals surface area contributed by atoms with Gasteiger partial charge in [0.25, 0.3) is 0 Å². The van der Waals surface area contributed by atoms with Gasteiger partial charge in [0.1, 0.15) is 6.04 Å². The first-order chi connectivity index (χ1) is 9.75. The first-order valence-corrected chi connectivity index (χ1v) is 7.76. The van der Waals surface area contributed by atoms with Crippen molar-refractivity contribution in [1.82, 2.24) is 20.0 Å². The zero-order chi connectivity index (χ0) is 13.9. The first-order valence-electron chi connectivity index (χ1n) is 7.76. The maximum absolute atomic E-state index is 12.7. The van der Waals surface area contributed by atoms with Crippen LogP contribution in [-0.4, -0.2) is 46.3 Å². The maximum Gasteiger partial charge on any atom is 0.247 e. The van der Waals surface area contributed by atoms with E-state index in [1.54, 1.807) is 10.9 Å². The van der Waals surface area contributed by atoms with Crippen LogP contribution in [0.2, 0.25) is 0 Å². The molecular formula is C15H24N4O. The van der Waals surface area contributed by atoms with Crippen molar-refractivity contribution < 1.29 is 4.79 Å². The highest BCUT2D eigenvalue weighted by molar-refractivity contribution is 5.80. The largest absolute Gasteiger partial charge is 0.338 e. The van der Waals surface area contributed by atoms with Gasteiger partial charge in [-0.2, -0.15) is 5.10 Å². The third-order valence-electron chi connectivity index (χ3n) is 4.40. The Morgan fingerprint density at radius 2 is 2.35 bits per heavy atom. The zero-order valence-electron chi connectivity index (χ0n) is 12.2. The Morgan fingerprint density at radius 1 is 1.50 bits per heavy atom. The van der Waals surface area contributed by atoms with Crippen LogP contribution in [0.5, 0.6) is 0 Å². The van der Waals surface area contributed by atoms with E-state index in [-0.39, 0.29) is 11.9 Å². The topological polar surface area (TPSA) is 50.2 Å². The summed E-state index contributed by atoms with van der Waals surface area (Å²) in [5.74, 6) is 0.833. The number of carbonyl (C=O) groups excluding carboxylic acids is 1. The van der Waals surface area contributed by atoms with Crippen LogP contribution < -0.4 is 5.32 Å². The van der Waals surface area contributed by atoms with Gasteiger partial charge in [-0.25, -0.2) is 0 Å². The molecule has 1 aromatic rings. The van der Waals surface area contributed by atoms with E-state index in [9.17, 15) is 4.79 Å². The Kier molecular flexibility index (Phi) is 4.05. The molecule has 1 saturated heterocycles. The molecule has 110 valence electrons. The van der Waals surface area contributed by atoms with E-state index in [2.05, 4.69) is 15.3 Å². The third kappa shape index (κ3) is 3.03. The molecule has 0 spiro atoms. The van der Waals surface area contributed by atoms with Crippen molar-refractivity contribution in [3.05, 3.63) is 18.5 Å². The van der Waals surface area contributed by atoms with Gasteiger partial charge in [0.05, 0.1) is 0 Å². The molecule has 1 N–H and O–H groups in total. The number of nitrogens with one attached hydrogen (secondary N) is 1. The lowest BCUT2D eigenvalue weighted by Crippen LogP contribution is -2.44. The molecule has 2 unspecified atom stereocenters. The number of piperidine rings is 1. The molecule has 1 aromatic heterocycles. The molecule has 2 fully saturated rings. The standard InChI is InChI=1S/C15H24N4O/c1-12(19-9-3-8-17-19)15(20)18(14-5-6-14)11-13-4-2-7-16-10-13/h3,8-9,12-14,16H,2,4-7,10-11H2,1H3. The van der Waals surface area contributed by atoms with Crippen molar-refractivity contribution in [1.29, 1.82) is 0 Å². The number of nitrogens with zero attached hydrogens (tertiary/aromatic N) is 3. The van der Waals surface area contributed by atoms with Crippen molar-refractivity contribution in [2.45, 2.75) is 44.7 Å². The summed E-state index contributed by atoms with van der Waals surface area (Å²) in [6.07, 6.45) is 8.40. The Labute approximate surface area is 120 Å². The van der Waals surface area contributed by atoms with Crippen LogP contribution in [0, 0.1) is 5.92 Å². The Bertz CT molecular complexity index is 435. The van der Waals surface area contributed by atoms with Crippen molar-refractivity contribution in [2.24, 2.45) is 5.92 Å². The summed E-state index contributed by atoms with van der Waals surface area (Å²) in [7, 11) is 0. The average molecular weight is 276 g/mol. The predicted molar refractivity (Wildman–Crippen MR) is 77.3 cm³/mol. The van der Waals surface area contributed by atoms with Gasteiger partial charge in [0.15, 0.2) is 0 Å². The molecule has 1 saturated carbocycles. The normalized spacial score (nSPS) is 24.4. The molecular weight excluding hydrogens is 252 g/mol. The molecule has 20 heavy (non-hydrogen) atoms. The molecule has 0 aromatic carbocycles. The summed E-state index contributed by atoms with van der Waals surface area (Å²) in [4.78, 5) is 14.9. The van der Waals surface area contributed by atoms with E-state index in [1.165, 1.54) is 12.8 Å². The van der Waals surface area contributed by atoms with Crippen LogP contribution in [0.25, 0.3) is 0 Å². The first kappa shape index (κ1) is 13.6. The van der Waals surface area contributed by atoms with E-state index < -0.39 is 0 Å². The summed E-state index contributed by atoms with van der Waals surface area (Å²) in [5, 5.41) is 7.64. The molecule has 0 radical (unpaired) electrons. The van der Waals surface area contributed by atoms with Gasteiger partial charge in [0, 0.05) is 25.0 Å². The molecule has 5 heteroatoms. The second kappa shape index (κ2) is 5.95. The molecule has 2 aliphatic rings. The lowest BCUT2D eigenvalue weighted by atomic mass is 9.98. The van der Waals surface area contributed by atoms with Crippen LogP contribution in [-0.2, 0) is 4.79 Å². The number of carbonyl (C=O) groups is 1. The van der Waals surface area contributed by atoms with E-state index in [4.69, 9.17) is 0 Å². The summed E-state index contributed by atoms with van der Waals surface area (Å²) >= 11 is 0. The lowest BCUT2D eigenvalue weighted by molar-refractivity contribution is -0.136. The summed E-state index contributed by atoms with van der Waals surface area (Å²) in [5.41, 5.74) is 0. The van der Waals surface area contributed by atoms with Crippen LogP contribution in [0.1, 0.15) is 38.6 Å². The second-order valence-electron chi connectivity index (χ2n) is 6.10.